The predicted molar refractivity (Wildman–Crippen MR) is 55.6 cm³/mol. The number of hydrogen-bond acceptors (Lipinski definition) is 3. The van der Waals surface area contributed by atoms with Crippen molar-refractivity contribution in [1.29, 1.82) is 0 Å². The zero-order valence-electron chi connectivity index (χ0n) is 6.86. The average Bonchev–Trinajstić information content (AvgIpc) is 2.54. The standard InChI is InChI=1S/C9H12OS2/c10-8-3-2-7(6-8)9-11-4-1-5-12-9/h2-3,7,9H,1,4-6H2/t7-/m0/s1. The van der Waals surface area contributed by atoms with Crippen LogP contribution in [0.4, 0.5) is 0 Å². The van der Waals surface area contributed by atoms with Gasteiger partial charge in [-0.15, -0.1) is 23.5 Å². The first-order chi connectivity index (χ1) is 5.86. The Morgan fingerprint density at radius 2 is 2.08 bits per heavy atom. The second-order valence-corrected chi connectivity index (χ2v) is 5.95. The van der Waals surface area contributed by atoms with Crippen LogP contribution in [-0.4, -0.2) is 21.9 Å². The summed E-state index contributed by atoms with van der Waals surface area (Å²) in [7, 11) is 0. The zero-order valence-corrected chi connectivity index (χ0v) is 8.50. The summed E-state index contributed by atoms with van der Waals surface area (Å²) in [6.07, 6.45) is 5.93. The SMILES string of the molecule is O=C1C=C[C@H](C2SCCCS2)C1. The van der Waals surface area contributed by atoms with Crippen molar-refractivity contribution in [1.82, 2.24) is 0 Å². The van der Waals surface area contributed by atoms with Crippen LogP contribution in [0.5, 0.6) is 0 Å². The van der Waals surface area contributed by atoms with Crippen LogP contribution in [0.3, 0.4) is 0 Å². The van der Waals surface area contributed by atoms with Gasteiger partial charge < -0.3 is 0 Å². The molecular formula is C9H12OS2. The first-order valence-corrected chi connectivity index (χ1v) is 6.40. The molecule has 2 rings (SSSR count). The van der Waals surface area contributed by atoms with Gasteiger partial charge in [0, 0.05) is 12.3 Å². The molecule has 0 bridgehead atoms. The molecule has 1 nitrogen and oxygen atoms in total. The Balaban J connectivity index is 1.91. The van der Waals surface area contributed by atoms with Gasteiger partial charge in [-0.2, -0.15) is 0 Å². The minimum Gasteiger partial charge on any atom is -0.295 e. The summed E-state index contributed by atoms with van der Waals surface area (Å²) in [5, 5.41) is 0. The summed E-state index contributed by atoms with van der Waals surface area (Å²) < 4.78 is 0.654. The van der Waals surface area contributed by atoms with Gasteiger partial charge in [0.2, 0.25) is 0 Å². The Kier molecular flexibility index (Phi) is 2.81. The van der Waals surface area contributed by atoms with Gasteiger partial charge in [0.25, 0.3) is 0 Å². The van der Waals surface area contributed by atoms with Crippen molar-refractivity contribution in [2.75, 3.05) is 11.5 Å². The van der Waals surface area contributed by atoms with E-state index in [0.29, 0.717) is 16.3 Å². The fourth-order valence-corrected chi connectivity index (χ4v) is 4.64. The summed E-state index contributed by atoms with van der Waals surface area (Å²) in [6, 6.07) is 0. The van der Waals surface area contributed by atoms with Crippen LogP contribution in [-0.2, 0) is 4.79 Å². The molecule has 0 aromatic carbocycles. The fraction of sp³-hybridized carbons (Fsp3) is 0.667. The number of allylic oxidation sites excluding steroid dienone is 2. The smallest absolute Gasteiger partial charge is 0.156 e. The van der Waals surface area contributed by atoms with Crippen LogP contribution in [0.1, 0.15) is 12.8 Å². The van der Waals surface area contributed by atoms with E-state index >= 15 is 0 Å². The molecule has 0 aromatic heterocycles. The third-order valence-corrected chi connectivity index (χ3v) is 5.39. The number of rotatable bonds is 1. The van der Waals surface area contributed by atoms with Crippen LogP contribution < -0.4 is 0 Å². The second kappa shape index (κ2) is 3.88. The highest BCUT2D eigenvalue weighted by atomic mass is 32.2. The minimum atomic E-state index is 0.312. The molecule has 0 spiro atoms. The number of thioether (sulfide) groups is 2. The van der Waals surface area contributed by atoms with Crippen molar-refractivity contribution in [2.45, 2.75) is 17.4 Å². The maximum atomic E-state index is 11.0. The Hall–Kier alpha value is 0.110. The molecule has 1 fully saturated rings. The number of ketones is 1. The third kappa shape index (κ3) is 1.88. The van der Waals surface area contributed by atoms with Crippen LogP contribution in [0.15, 0.2) is 12.2 Å². The number of carbonyl (C=O) groups is 1. The lowest BCUT2D eigenvalue weighted by molar-refractivity contribution is -0.114. The van der Waals surface area contributed by atoms with E-state index in [4.69, 9.17) is 0 Å². The molecule has 1 aliphatic carbocycles. The monoisotopic (exact) mass is 200 g/mol. The first kappa shape index (κ1) is 8.70. The van der Waals surface area contributed by atoms with Crippen LogP contribution in [0.2, 0.25) is 0 Å². The topological polar surface area (TPSA) is 17.1 Å². The molecule has 1 aliphatic heterocycles. The highest BCUT2D eigenvalue weighted by molar-refractivity contribution is 8.17. The lowest BCUT2D eigenvalue weighted by atomic mass is 10.1. The average molecular weight is 200 g/mol. The highest BCUT2D eigenvalue weighted by Crippen LogP contribution is 2.39. The van der Waals surface area contributed by atoms with Crippen LogP contribution >= 0.6 is 23.5 Å². The van der Waals surface area contributed by atoms with Crippen molar-refractivity contribution in [2.24, 2.45) is 5.92 Å². The number of carbonyl (C=O) groups excluding carboxylic acids is 1. The van der Waals surface area contributed by atoms with Gasteiger partial charge in [-0.25, -0.2) is 0 Å². The summed E-state index contributed by atoms with van der Waals surface area (Å²) in [5.74, 6) is 3.38. The molecule has 0 radical (unpaired) electrons. The van der Waals surface area contributed by atoms with E-state index in [2.05, 4.69) is 6.08 Å². The van der Waals surface area contributed by atoms with Crippen molar-refractivity contribution >= 4 is 29.3 Å². The number of hydrogen-bond donors (Lipinski definition) is 0. The van der Waals surface area contributed by atoms with E-state index in [1.807, 2.05) is 23.5 Å². The molecule has 1 atom stereocenters. The fourth-order valence-electron chi connectivity index (χ4n) is 1.54. The zero-order chi connectivity index (χ0) is 8.39. The molecule has 0 unspecified atom stereocenters. The van der Waals surface area contributed by atoms with Crippen molar-refractivity contribution in [3.8, 4) is 0 Å². The molecule has 1 saturated heterocycles. The van der Waals surface area contributed by atoms with Crippen molar-refractivity contribution in [3.63, 3.8) is 0 Å². The van der Waals surface area contributed by atoms with Gasteiger partial charge in [-0.1, -0.05) is 6.08 Å². The summed E-state index contributed by atoms with van der Waals surface area (Å²) in [6.45, 7) is 0. The molecule has 0 amide bonds. The van der Waals surface area contributed by atoms with E-state index in [-0.39, 0.29) is 0 Å². The largest absolute Gasteiger partial charge is 0.295 e. The molecular weight excluding hydrogens is 188 g/mol. The van der Waals surface area contributed by atoms with Crippen LogP contribution in [0, 0.1) is 5.92 Å². The molecule has 0 saturated carbocycles. The summed E-state index contributed by atoms with van der Waals surface area (Å²) in [4.78, 5) is 11.0. The molecule has 0 aromatic rings. The third-order valence-electron chi connectivity index (χ3n) is 2.17. The van der Waals surface area contributed by atoms with Crippen LogP contribution in [0.25, 0.3) is 0 Å². The lowest BCUT2D eigenvalue weighted by Gasteiger charge is -2.24. The summed E-state index contributed by atoms with van der Waals surface area (Å²) in [5.41, 5.74) is 0. The van der Waals surface area contributed by atoms with Gasteiger partial charge in [0.1, 0.15) is 0 Å². The maximum absolute atomic E-state index is 11.0. The van der Waals surface area contributed by atoms with E-state index in [0.717, 1.165) is 6.42 Å². The van der Waals surface area contributed by atoms with Gasteiger partial charge in [-0.05, 0) is 24.0 Å². The van der Waals surface area contributed by atoms with E-state index in [1.54, 1.807) is 6.08 Å². The van der Waals surface area contributed by atoms with Gasteiger partial charge in [-0.3, -0.25) is 4.79 Å². The Morgan fingerprint density at radius 3 is 2.67 bits per heavy atom. The maximum Gasteiger partial charge on any atom is 0.156 e. The Labute approximate surface area is 81.4 Å². The van der Waals surface area contributed by atoms with E-state index in [9.17, 15) is 4.79 Å². The van der Waals surface area contributed by atoms with Gasteiger partial charge in [0.05, 0.1) is 4.58 Å². The normalized spacial score (nSPS) is 31.3. The quantitative estimate of drug-likeness (QED) is 0.646. The molecule has 3 heteroatoms. The minimum absolute atomic E-state index is 0.312. The molecule has 66 valence electrons. The van der Waals surface area contributed by atoms with E-state index < -0.39 is 0 Å². The Bertz CT molecular complexity index is 207. The molecule has 1 heterocycles. The van der Waals surface area contributed by atoms with E-state index in [1.165, 1.54) is 17.9 Å². The van der Waals surface area contributed by atoms with Crippen molar-refractivity contribution in [3.05, 3.63) is 12.2 Å². The van der Waals surface area contributed by atoms with Crippen molar-refractivity contribution < 1.29 is 4.79 Å². The highest BCUT2D eigenvalue weighted by Gasteiger charge is 2.27. The lowest BCUT2D eigenvalue weighted by Crippen LogP contribution is -2.15. The van der Waals surface area contributed by atoms with Gasteiger partial charge in [0.15, 0.2) is 5.78 Å². The predicted octanol–water partition coefficient (Wildman–Crippen LogP) is 2.33. The molecule has 0 N–H and O–H groups in total. The first-order valence-electron chi connectivity index (χ1n) is 4.30. The summed E-state index contributed by atoms with van der Waals surface area (Å²) >= 11 is 4.04. The molecule has 2 aliphatic rings. The van der Waals surface area contributed by atoms with Gasteiger partial charge >= 0.3 is 0 Å². The Morgan fingerprint density at radius 1 is 1.33 bits per heavy atom. The molecule has 12 heavy (non-hydrogen) atoms. The second-order valence-electron chi connectivity index (χ2n) is 3.16.